The molecule has 1 unspecified atom stereocenters. The van der Waals surface area contributed by atoms with Gasteiger partial charge < -0.3 is 10.6 Å². The van der Waals surface area contributed by atoms with E-state index in [9.17, 15) is 9.59 Å². The van der Waals surface area contributed by atoms with Crippen molar-refractivity contribution in [2.75, 3.05) is 0 Å². The topological polar surface area (TPSA) is 58.2 Å². The van der Waals surface area contributed by atoms with Crippen molar-refractivity contribution in [3.8, 4) is 0 Å². The summed E-state index contributed by atoms with van der Waals surface area (Å²) in [5.74, 6) is -0.700. The molecule has 1 radical (unpaired) electrons. The summed E-state index contributed by atoms with van der Waals surface area (Å²) in [6.45, 7) is 9.48. The largest absolute Gasteiger partial charge is 0.302 e. The molecule has 1 aliphatic rings. The second-order valence-corrected chi connectivity index (χ2v) is 5.06. The fourth-order valence-corrected chi connectivity index (χ4v) is 2.36. The van der Waals surface area contributed by atoms with E-state index in [1.54, 1.807) is 0 Å². The third-order valence-electron chi connectivity index (χ3n) is 3.30. The molecule has 0 saturated carbocycles. The molecule has 0 spiro atoms. The van der Waals surface area contributed by atoms with Crippen molar-refractivity contribution in [2.24, 2.45) is 11.3 Å². The first-order valence-electron chi connectivity index (χ1n) is 5.65. The van der Waals surface area contributed by atoms with Crippen molar-refractivity contribution in [3.63, 3.8) is 0 Å². The molecule has 95 valence electrons. The first kappa shape index (κ1) is 17.8. The molecule has 0 aromatic carbocycles. The molecule has 2 N–H and O–H groups in total. The summed E-state index contributed by atoms with van der Waals surface area (Å²) in [7, 11) is 0. The number of carbonyl (C=O) groups is 2. The Balaban J connectivity index is 0.00000289. The molecular weight excluding hydrogens is 259 g/mol. The second-order valence-electron chi connectivity index (χ2n) is 4.65. The molecule has 1 saturated heterocycles. The van der Waals surface area contributed by atoms with E-state index in [1.165, 1.54) is 0 Å². The van der Waals surface area contributed by atoms with E-state index in [0.717, 1.165) is 12.0 Å². The summed E-state index contributed by atoms with van der Waals surface area (Å²) >= 11 is 4.81. The van der Waals surface area contributed by atoms with Gasteiger partial charge in [-0.15, -0.1) is 6.58 Å². The van der Waals surface area contributed by atoms with Crippen molar-refractivity contribution in [2.45, 2.75) is 33.6 Å². The van der Waals surface area contributed by atoms with Gasteiger partial charge in [0.2, 0.25) is 11.8 Å². The Hall–Kier alpha value is -0.230. The van der Waals surface area contributed by atoms with Gasteiger partial charge in [0.25, 0.3) is 0 Å². The zero-order chi connectivity index (χ0) is 13.2. The molecule has 0 aromatic heterocycles. The van der Waals surface area contributed by atoms with Crippen LogP contribution in [-0.2, 0) is 9.59 Å². The fraction of sp³-hybridized carbons (Fsp3) is 0.583. The van der Waals surface area contributed by atoms with Crippen LogP contribution < -0.4 is 10.6 Å². The maximum Gasteiger partial charge on any atom is 0.242 e. The van der Waals surface area contributed by atoms with Gasteiger partial charge >= 0.3 is 0 Å². The van der Waals surface area contributed by atoms with E-state index < -0.39 is 5.41 Å². The molecular formula is C12H18N2NaO2S. The first-order chi connectivity index (χ1) is 7.84. The number of nitrogens with one attached hydrogen (secondary N) is 2. The average Bonchev–Trinajstić information content (AvgIpc) is 2.22. The fourth-order valence-electron chi connectivity index (χ4n) is 2.17. The van der Waals surface area contributed by atoms with Gasteiger partial charge in [-0.3, -0.25) is 9.59 Å². The van der Waals surface area contributed by atoms with E-state index in [0.29, 0.717) is 6.42 Å². The molecule has 1 rings (SSSR count). The van der Waals surface area contributed by atoms with Gasteiger partial charge in [-0.1, -0.05) is 25.8 Å². The van der Waals surface area contributed by atoms with Gasteiger partial charge in [0.05, 0.1) is 0 Å². The molecule has 0 aromatic rings. The van der Waals surface area contributed by atoms with E-state index in [-0.39, 0.29) is 52.4 Å². The predicted molar refractivity (Wildman–Crippen MR) is 76.0 cm³/mol. The molecule has 0 bridgehead atoms. The molecule has 0 aliphatic carbocycles. The van der Waals surface area contributed by atoms with Gasteiger partial charge in [0.1, 0.15) is 5.41 Å². The maximum atomic E-state index is 12.2. The minimum Gasteiger partial charge on any atom is -0.302 e. The Morgan fingerprint density at radius 1 is 1.39 bits per heavy atom. The molecule has 4 nitrogen and oxygen atoms in total. The summed E-state index contributed by atoms with van der Waals surface area (Å²) in [6.07, 6.45) is 1.09. The number of amides is 2. The van der Waals surface area contributed by atoms with E-state index in [1.807, 2.05) is 20.8 Å². The Kier molecular flexibility index (Phi) is 6.71. The van der Waals surface area contributed by atoms with Crippen LogP contribution in [0.3, 0.4) is 0 Å². The second kappa shape index (κ2) is 6.80. The predicted octanol–water partition coefficient (Wildman–Crippen LogP) is 1.14. The number of rotatable bonds is 4. The van der Waals surface area contributed by atoms with E-state index >= 15 is 0 Å². The summed E-state index contributed by atoms with van der Waals surface area (Å²) in [6, 6.07) is 0. The van der Waals surface area contributed by atoms with Crippen molar-refractivity contribution >= 4 is 58.7 Å². The average molecular weight is 277 g/mol. The summed E-state index contributed by atoms with van der Waals surface area (Å²) in [5, 5.41) is 5.17. The quantitative estimate of drug-likeness (QED) is 0.350. The van der Waals surface area contributed by atoms with Crippen molar-refractivity contribution < 1.29 is 9.59 Å². The Bertz CT molecular complexity index is 376. The maximum absolute atomic E-state index is 12.2. The van der Waals surface area contributed by atoms with Crippen LogP contribution in [0, 0.1) is 11.3 Å². The number of carbonyl (C=O) groups excluding carboxylic acids is 2. The number of hydrogen-bond acceptors (Lipinski definition) is 3. The monoisotopic (exact) mass is 277 g/mol. The number of allylic oxidation sites excluding steroid dienone is 1. The van der Waals surface area contributed by atoms with E-state index in [2.05, 4.69) is 17.2 Å². The molecule has 1 heterocycles. The van der Waals surface area contributed by atoms with Crippen LogP contribution in [0.4, 0.5) is 0 Å². The molecule has 1 atom stereocenters. The van der Waals surface area contributed by atoms with Gasteiger partial charge in [-0.2, -0.15) is 0 Å². The Morgan fingerprint density at radius 2 is 1.83 bits per heavy atom. The third kappa shape index (κ3) is 3.20. The SMILES string of the molecule is C=C(C)CC1(C(C)CC)C(=O)NC(=S)NC1=O.[Na]. The van der Waals surface area contributed by atoms with Gasteiger partial charge in [0, 0.05) is 29.6 Å². The Morgan fingerprint density at radius 3 is 2.17 bits per heavy atom. The normalized spacial score (nSPS) is 19.4. The molecule has 1 aliphatic heterocycles. The first-order valence-corrected chi connectivity index (χ1v) is 6.06. The van der Waals surface area contributed by atoms with Crippen molar-refractivity contribution in [1.29, 1.82) is 0 Å². The third-order valence-corrected chi connectivity index (χ3v) is 3.50. The van der Waals surface area contributed by atoms with Gasteiger partial charge in [-0.25, -0.2) is 0 Å². The molecule has 6 heteroatoms. The summed E-state index contributed by atoms with van der Waals surface area (Å²) in [5.41, 5.74) is -0.272. The number of thiocarbonyl (C=S) groups is 1. The van der Waals surface area contributed by atoms with E-state index in [4.69, 9.17) is 12.2 Å². The van der Waals surface area contributed by atoms with Crippen LogP contribution in [0.2, 0.25) is 0 Å². The van der Waals surface area contributed by atoms with Crippen LogP contribution in [0.25, 0.3) is 0 Å². The minimum atomic E-state index is -1.08. The van der Waals surface area contributed by atoms with Crippen LogP contribution in [0.1, 0.15) is 33.6 Å². The smallest absolute Gasteiger partial charge is 0.242 e. The standard InChI is InChI=1S/C12H18N2O2S.Na/c1-5-8(4)12(6-7(2)3)9(15)13-11(17)14-10(12)16;/h8H,2,5-6H2,1,3-4H3,(H2,13,14,15,16,17);. The zero-order valence-corrected chi connectivity index (χ0v) is 14.2. The van der Waals surface area contributed by atoms with Gasteiger partial charge in [0.15, 0.2) is 5.11 Å². The summed E-state index contributed by atoms with van der Waals surface area (Å²) in [4.78, 5) is 24.3. The van der Waals surface area contributed by atoms with Crippen LogP contribution in [-0.4, -0.2) is 46.5 Å². The van der Waals surface area contributed by atoms with Crippen molar-refractivity contribution in [3.05, 3.63) is 12.2 Å². The minimum absolute atomic E-state index is 0. The molecule has 2 amide bonds. The molecule has 1 fully saturated rings. The van der Waals surface area contributed by atoms with Crippen LogP contribution >= 0.6 is 12.2 Å². The zero-order valence-electron chi connectivity index (χ0n) is 11.4. The van der Waals surface area contributed by atoms with Gasteiger partial charge in [-0.05, 0) is 31.5 Å². The summed E-state index contributed by atoms with van der Waals surface area (Å²) < 4.78 is 0. The van der Waals surface area contributed by atoms with Crippen molar-refractivity contribution in [1.82, 2.24) is 10.6 Å². The van der Waals surface area contributed by atoms with Crippen LogP contribution in [0.15, 0.2) is 12.2 Å². The van der Waals surface area contributed by atoms with Crippen LogP contribution in [0.5, 0.6) is 0 Å². The number of hydrogen-bond donors (Lipinski definition) is 2. The molecule has 18 heavy (non-hydrogen) atoms. The Labute approximate surface area is 135 Å².